The summed E-state index contributed by atoms with van der Waals surface area (Å²) in [5.74, 6) is 0.515. The van der Waals surface area contributed by atoms with Gasteiger partial charge in [-0.3, -0.25) is 0 Å². The first-order valence-electron chi connectivity index (χ1n) is 9.26. The standard InChI is InChI=1S/C23H25ClO3/c1-5-6-16-11-22(25)27-20-13-21(19(24)12-18(16)20)26-14-15-7-9-17(10-8-15)23(2,3)4/h7-13H,5-6,14H2,1-4H3. The van der Waals surface area contributed by atoms with Crippen molar-refractivity contribution in [2.75, 3.05) is 0 Å². The average Bonchev–Trinajstić information content (AvgIpc) is 2.60. The van der Waals surface area contributed by atoms with Gasteiger partial charge < -0.3 is 9.15 Å². The highest BCUT2D eigenvalue weighted by molar-refractivity contribution is 6.32. The lowest BCUT2D eigenvalue weighted by Crippen LogP contribution is -2.10. The summed E-state index contributed by atoms with van der Waals surface area (Å²) in [6, 6.07) is 13.4. The summed E-state index contributed by atoms with van der Waals surface area (Å²) < 4.78 is 11.3. The predicted molar refractivity (Wildman–Crippen MR) is 111 cm³/mol. The number of aryl methyl sites for hydroxylation is 1. The third-order valence-electron chi connectivity index (χ3n) is 4.62. The van der Waals surface area contributed by atoms with Gasteiger partial charge in [-0.2, -0.15) is 0 Å². The summed E-state index contributed by atoms with van der Waals surface area (Å²) in [5.41, 5.74) is 3.57. The maximum absolute atomic E-state index is 11.8. The van der Waals surface area contributed by atoms with Crippen LogP contribution in [0.1, 0.15) is 50.8 Å². The first-order chi connectivity index (χ1) is 12.8. The number of ether oxygens (including phenoxy) is 1. The lowest BCUT2D eigenvalue weighted by atomic mass is 9.87. The summed E-state index contributed by atoms with van der Waals surface area (Å²) in [5, 5.41) is 1.38. The van der Waals surface area contributed by atoms with Crippen LogP contribution in [-0.4, -0.2) is 0 Å². The lowest BCUT2D eigenvalue weighted by molar-refractivity contribution is 0.306. The Morgan fingerprint density at radius 1 is 1.07 bits per heavy atom. The molecule has 0 fully saturated rings. The van der Waals surface area contributed by atoms with Crippen LogP contribution in [-0.2, 0) is 18.4 Å². The van der Waals surface area contributed by atoms with E-state index < -0.39 is 0 Å². The van der Waals surface area contributed by atoms with Crippen molar-refractivity contribution in [3.8, 4) is 5.75 Å². The molecule has 0 aliphatic carbocycles. The van der Waals surface area contributed by atoms with Crippen molar-refractivity contribution in [2.45, 2.75) is 52.6 Å². The van der Waals surface area contributed by atoms with Gasteiger partial charge in [0.2, 0.25) is 0 Å². The number of benzene rings is 2. The molecule has 1 heterocycles. The number of hydrogen-bond acceptors (Lipinski definition) is 3. The molecule has 0 bridgehead atoms. The minimum atomic E-state index is -0.350. The Labute approximate surface area is 164 Å². The van der Waals surface area contributed by atoms with Crippen molar-refractivity contribution in [3.63, 3.8) is 0 Å². The molecule has 0 radical (unpaired) electrons. The molecule has 0 aliphatic rings. The fourth-order valence-electron chi connectivity index (χ4n) is 3.08. The van der Waals surface area contributed by atoms with Gasteiger partial charge in [-0.05, 0) is 34.6 Å². The summed E-state index contributed by atoms with van der Waals surface area (Å²) in [7, 11) is 0. The zero-order valence-electron chi connectivity index (χ0n) is 16.3. The zero-order chi connectivity index (χ0) is 19.6. The molecule has 0 spiro atoms. The van der Waals surface area contributed by atoms with Crippen molar-refractivity contribution >= 4 is 22.6 Å². The number of fused-ring (bicyclic) bond motifs is 1. The molecule has 0 saturated heterocycles. The van der Waals surface area contributed by atoms with Gasteiger partial charge >= 0.3 is 5.63 Å². The molecule has 142 valence electrons. The van der Waals surface area contributed by atoms with Crippen LogP contribution in [0.2, 0.25) is 5.02 Å². The molecule has 0 unspecified atom stereocenters. The molecule has 0 N–H and O–H groups in total. The Kier molecular flexibility index (Phi) is 5.61. The second-order valence-electron chi connectivity index (χ2n) is 7.86. The summed E-state index contributed by atoms with van der Waals surface area (Å²) in [6.07, 6.45) is 1.75. The molecule has 0 aliphatic heterocycles. The first-order valence-corrected chi connectivity index (χ1v) is 9.64. The van der Waals surface area contributed by atoms with E-state index in [1.54, 1.807) is 12.1 Å². The van der Waals surface area contributed by atoms with E-state index in [9.17, 15) is 4.79 Å². The van der Waals surface area contributed by atoms with Crippen LogP contribution in [0.4, 0.5) is 0 Å². The van der Waals surface area contributed by atoms with Gasteiger partial charge in [0.25, 0.3) is 0 Å². The molecule has 4 heteroatoms. The minimum Gasteiger partial charge on any atom is -0.487 e. The smallest absolute Gasteiger partial charge is 0.336 e. The van der Waals surface area contributed by atoms with Crippen molar-refractivity contribution in [1.29, 1.82) is 0 Å². The molecule has 1 aromatic heterocycles. The van der Waals surface area contributed by atoms with E-state index in [0.29, 0.717) is 23.0 Å². The van der Waals surface area contributed by atoms with Crippen LogP contribution < -0.4 is 10.4 Å². The lowest BCUT2D eigenvalue weighted by Gasteiger charge is -2.19. The van der Waals surface area contributed by atoms with E-state index in [1.807, 2.05) is 6.07 Å². The largest absolute Gasteiger partial charge is 0.487 e. The highest BCUT2D eigenvalue weighted by atomic mass is 35.5. The normalized spacial score (nSPS) is 11.7. The monoisotopic (exact) mass is 384 g/mol. The van der Waals surface area contributed by atoms with Gasteiger partial charge in [0.15, 0.2) is 0 Å². The molecule has 3 rings (SSSR count). The topological polar surface area (TPSA) is 39.4 Å². The highest BCUT2D eigenvalue weighted by Gasteiger charge is 2.14. The van der Waals surface area contributed by atoms with E-state index in [0.717, 1.165) is 29.4 Å². The van der Waals surface area contributed by atoms with Crippen molar-refractivity contribution < 1.29 is 9.15 Å². The van der Waals surface area contributed by atoms with Gasteiger partial charge in [-0.1, -0.05) is 70.0 Å². The molecule has 0 atom stereocenters. The maximum atomic E-state index is 11.8. The van der Waals surface area contributed by atoms with Crippen LogP contribution in [0.15, 0.2) is 51.7 Å². The maximum Gasteiger partial charge on any atom is 0.336 e. The van der Waals surface area contributed by atoms with Gasteiger partial charge in [-0.15, -0.1) is 0 Å². The van der Waals surface area contributed by atoms with E-state index in [1.165, 1.54) is 5.56 Å². The van der Waals surface area contributed by atoms with Gasteiger partial charge in [0.1, 0.15) is 17.9 Å². The fraction of sp³-hybridized carbons (Fsp3) is 0.348. The average molecular weight is 385 g/mol. The van der Waals surface area contributed by atoms with Gasteiger partial charge in [-0.25, -0.2) is 4.79 Å². The van der Waals surface area contributed by atoms with E-state index in [4.69, 9.17) is 20.8 Å². The molecule has 2 aromatic carbocycles. The molecule has 0 amide bonds. The SMILES string of the molecule is CCCc1cc(=O)oc2cc(OCc3ccc(C(C)(C)C)cc3)c(Cl)cc12. The highest BCUT2D eigenvalue weighted by Crippen LogP contribution is 2.32. The van der Waals surface area contributed by atoms with Gasteiger partial charge in [0, 0.05) is 17.5 Å². The predicted octanol–water partition coefficient (Wildman–Crippen LogP) is 6.28. The minimum absolute atomic E-state index is 0.120. The van der Waals surface area contributed by atoms with Crippen molar-refractivity contribution in [3.05, 3.63) is 74.6 Å². The van der Waals surface area contributed by atoms with Crippen molar-refractivity contribution in [1.82, 2.24) is 0 Å². The molecular weight excluding hydrogens is 360 g/mol. The molecular formula is C23H25ClO3. The van der Waals surface area contributed by atoms with Crippen molar-refractivity contribution in [2.24, 2.45) is 0 Å². The van der Waals surface area contributed by atoms with E-state index in [2.05, 4.69) is 52.0 Å². The Hall–Kier alpha value is -2.26. The third kappa shape index (κ3) is 4.54. The quantitative estimate of drug-likeness (QED) is 0.486. The summed E-state index contributed by atoms with van der Waals surface area (Å²) >= 11 is 6.42. The first kappa shape index (κ1) is 19.5. The number of rotatable bonds is 5. The third-order valence-corrected chi connectivity index (χ3v) is 4.91. The van der Waals surface area contributed by atoms with Crippen LogP contribution in [0.5, 0.6) is 5.75 Å². The zero-order valence-corrected chi connectivity index (χ0v) is 17.0. The summed E-state index contributed by atoms with van der Waals surface area (Å²) in [6.45, 7) is 9.04. The van der Waals surface area contributed by atoms with Crippen LogP contribution >= 0.6 is 11.6 Å². The fourth-order valence-corrected chi connectivity index (χ4v) is 3.30. The van der Waals surface area contributed by atoms with Crippen LogP contribution in [0.25, 0.3) is 11.0 Å². The summed E-state index contributed by atoms with van der Waals surface area (Å²) in [4.78, 5) is 11.8. The Bertz CT molecular complexity index is 995. The molecule has 0 saturated carbocycles. The van der Waals surface area contributed by atoms with E-state index >= 15 is 0 Å². The van der Waals surface area contributed by atoms with Crippen LogP contribution in [0, 0.1) is 0 Å². The number of hydrogen-bond donors (Lipinski definition) is 0. The van der Waals surface area contributed by atoms with E-state index in [-0.39, 0.29) is 11.0 Å². The number of halogens is 1. The Morgan fingerprint density at radius 2 is 1.78 bits per heavy atom. The Morgan fingerprint density at radius 3 is 2.41 bits per heavy atom. The Balaban J connectivity index is 1.85. The molecule has 3 aromatic rings. The molecule has 27 heavy (non-hydrogen) atoms. The van der Waals surface area contributed by atoms with Gasteiger partial charge in [0.05, 0.1) is 5.02 Å². The van der Waals surface area contributed by atoms with Crippen LogP contribution in [0.3, 0.4) is 0 Å². The second-order valence-corrected chi connectivity index (χ2v) is 8.26. The molecule has 3 nitrogen and oxygen atoms in total. The second kappa shape index (κ2) is 7.77.